The summed E-state index contributed by atoms with van der Waals surface area (Å²) in [4.78, 5) is 9.46. The number of fused-ring (bicyclic) bond motifs is 1. The first-order valence-corrected chi connectivity index (χ1v) is 9.61. The van der Waals surface area contributed by atoms with Crippen LogP contribution in [0.3, 0.4) is 0 Å². The number of hydrogen-bond acceptors (Lipinski definition) is 5. The van der Waals surface area contributed by atoms with Crippen LogP contribution in [0.5, 0.6) is 5.75 Å². The van der Waals surface area contributed by atoms with Crippen molar-refractivity contribution in [2.45, 2.75) is 20.4 Å². The molecule has 0 bridgehead atoms. The number of methoxy groups -OCH3 is 1. The van der Waals surface area contributed by atoms with Gasteiger partial charge < -0.3 is 15.4 Å². The molecule has 0 saturated heterocycles. The van der Waals surface area contributed by atoms with Crippen LogP contribution in [0.15, 0.2) is 66.7 Å². The summed E-state index contributed by atoms with van der Waals surface area (Å²) in [5.41, 5.74) is 5.48. The molecule has 0 saturated carbocycles. The molecule has 0 radical (unpaired) electrons. The molecule has 0 aliphatic heterocycles. The molecule has 5 nitrogen and oxygen atoms in total. The van der Waals surface area contributed by atoms with Gasteiger partial charge in [0, 0.05) is 17.6 Å². The van der Waals surface area contributed by atoms with Crippen molar-refractivity contribution in [2.75, 3.05) is 17.7 Å². The number of anilines is 3. The summed E-state index contributed by atoms with van der Waals surface area (Å²) in [6.07, 6.45) is 0. The average Bonchev–Trinajstić information content (AvgIpc) is 2.75. The fourth-order valence-corrected chi connectivity index (χ4v) is 3.20. The molecular formula is C24H24N4O. The van der Waals surface area contributed by atoms with E-state index in [0.29, 0.717) is 12.5 Å². The predicted molar refractivity (Wildman–Crippen MR) is 119 cm³/mol. The van der Waals surface area contributed by atoms with Gasteiger partial charge in [-0.25, -0.2) is 4.98 Å². The van der Waals surface area contributed by atoms with Gasteiger partial charge in [0.05, 0.1) is 12.6 Å². The van der Waals surface area contributed by atoms with Gasteiger partial charge in [0.1, 0.15) is 11.6 Å². The zero-order valence-corrected chi connectivity index (χ0v) is 16.9. The van der Waals surface area contributed by atoms with E-state index < -0.39 is 0 Å². The molecule has 4 rings (SSSR count). The van der Waals surface area contributed by atoms with Gasteiger partial charge >= 0.3 is 0 Å². The van der Waals surface area contributed by atoms with Gasteiger partial charge in [-0.15, -0.1) is 0 Å². The molecule has 146 valence electrons. The molecule has 2 N–H and O–H groups in total. The van der Waals surface area contributed by atoms with E-state index in [1.54, 1.807) is 7.11 Å². The molecule has 0 aliphatic carbocycles. The summed E-state index contributed by atoms with van der Waals surface area (Å²) in [7, 11) is 1.67. The number of aryl methyl sites for hydroxylation is 1. The molecule has 1 heterocycles. The Morgan fingerprint density at radius 1 is 0.862 bits per heavy atom. The highest BCUT2D eigenvalue weighted by Crippen LogP contribution is 2.26. The van der Waals surface area contributed by atoms with Crippen LogP contribution in [-0.2, 0) is 6.54 Å². The van der Waals surface area contributed by atoms with Gasteiger partial charge in [-0.3, -0.25) is 0 Å². The maximum absolute atomic E-state index is 5.23. The topological polar surface area (TPSA) is 59.1 Å². The van der Waals surface area contributed by atoms with Crippen LogP contribution in [0.1, 0.15) is 16.7 Å². The Labute approximate surface area is 170 Å². The lowest BCUT2D eigenvalue weighted by Gasteiger charge is -2.14. The van der Waals surface area contributed by atoms with Crippen LogP contribution in [0, 0.1) is 13.8 Å². The van der Waals surface area contributed by atoms with E-state index in [0.717, 1.165) is 33.7 Å². The Kier molecular flexibility index (Phi) is 5.29. The molecular weight excluding hydrogens is 360 g/mol. The first kappa shape index (κ1) is 18.7. The molecule has 0 spiro atoms. The second-order valence-electron chi connectivity index (χ2n) is 6.99. The molecule has 0 aliphatic rings. The smallest absolute Gasteiger partial charge is 0.229 e. The summed E-state index contributed by atoms with van der Waals surface area (Å²) >= 11 is 0. The van der Waals surface area contributed by atoms with E-state index in [1.807, 2.05) is 60.7 Å². The second kappa shape index (κ2) is 8.19. The van der Waals surface area contributed by atoms with Crippen molar-refractivity contribution < 1.29 is 4.74 Å². The molecule has 0 fully saturated rings. The molecule has 5 heteroatoms. The molecule has 3 aromatic carbocycles. The van der Waals surface area contributed by atoms with Gasteiger partial charge in [0.25, 0.3) is 0 Å². The highest BCUT2D eigenvalue weighted by atomic mass is 16.5. The third-order valence-electron chi connectivity index (χ3n) is 5.07. The Balaban J connectivity index is 1.64. The van der Waals surface area contributed by atoms with Gasteiger partial charge in [0.2, 0.25) is 5.95 Å². The van der Waals surface area contributed by atoms with Crippen LogP contribution in [0.4, 0.5) is 17.5 Å². The number of hydrogen-bond donors (Lipinski definition) is 2. The van der Waals surface area contributed by atoms with Gasteiger partial charge in [-0.2, -0.15) is 4.98 Å². The average molecular weight is 384 g/mol. The monoisotopic (exact) mass is 384 g/mol. The standard InChI is InChI=1S/C24H24N4O/c1-16-7-6-10-21(17(16)2)26-24-27-22-9-5-4-8-20(22)23(28-24)25-15-18-11-13-19(29-3)14-12-18/h4-14H,15H2,1-3H3,(H2,25,26,27,28). The molecule has 0 amide bonds. The van der Waals surface area contributed by atoms with Crippen molar-refractivity contribution in [3.05, 3.63) is 83.4 Å². The van der Waals surface area contributed by atoms with Crippen molar-refractivity contribution in [2.24, 2.45) is 0 Å². The minimum absolute atomic E-state index is 0.578. The summed E-state index contributed by atoms with van der Waals surface area (Å²) in [5.74, 6) is 2.23. The van der Waals surface area contributed by atoms with Gasteiger partial charge in [0.15, 0.2) is 0 Å². The van der Waals surface area contributed by atoms with E-state index in [4.69, 9.17) is 14.7 Å². The van der Waals surface area contributed by atoms with E-state index in [9.17, 15) is 0 Å². The van der Waals surface area contributed by atoms with Crippen molar-refractivity contribution in [1.29, 1.82) is 0 Å². The van der Waals surface area contributed by atoms with Crippen molar-refractivity contribution in [1.82, 2.24) is 9.97 Å². The molecule has 29 heavy (non-hydrogen) atoms. The number of benzene rings is 3. The molecule has 4 aromatic rings. The summed E-state index contributed by atoms with van der Waals surface area (Å²) in [5, 5.41) is 7.83. The first-order chi connectivity index (χ1) is 14.1. The molecule has 0 atom stereocenters. The number of ether oxygens (including phenoxy) is 1. The van der Waals surface area contributed by atoms with Gasteiger partial charge in [-0.1, -0.05) is 36.4 Å². The zero-order valence-electron chi connectivity index (χ0n) is 16.9. The number of nitrogens with one attached hydrogen (secondary N) is 2. The maximum Gasteiger partial charge on any atom is 0.229 e. The van der Waals surface area contributed by atoms with Crippen LogP contribution in [0.2, 0.25) is 0 Å². The Bertz CT molecular complexity index is 1140. The van der Waals surface area contributed by atoms with E-state index >= 15 is 0 Å². The predicted octanol–water partition coefficient (Wildman–Crippen LogP) is 5.61. The highest BCUT2D eigenvalue weighted by molar-refractivity contribution is 5.90. The summed E-state index contributed by atoms with van der Waals surface area (Å²) < 4.78 is 5.23. The third kappa shape index (κ3) is 4.14. The number of para-hydroxylation sites is 1. The SMILES string of the molecule is COc1ccc(CNc2nc(Nc3cccc(C)c3C)nc3ccccc23)cc1. The Hall–Kier alpha value is -3.60. The largest absolute Gasteiger partial charge is 0.497 e. The lowest BCUT2D eigenvalue weighted by molar-refractivity contribution is 0.414. The molecule has 1 aromatic heterocycles. The molecule has 0 unspecified atom stereocenters. The van der Waals surface area contributed by atoms with Crippen LogP contribution >= 0.6 is 0 Å². The number of nitrogens with zero attached hydrogens (tertiary/aromatic N) is 2. The van der Waals surface area contributed by atoms with Crippen LogP contribution in [0.25, 0.3) is 10.9 Å². The van der Waals surface area contributed by atoms with Crippen molar-refractivity contribution in [3.8, 4) is 5.75 Å². The highest BCUT2D eigenvalue weighted by Gasteiger charge is 2.09. The van der Waals surface area contributed by atoms with Gasteiger partial charge in [-0.05, 0) is 60.9 Å². The first-order valence-electron chi connectivity index (χ1n) is 9.61. The summed E-state index contributed by atoms with van der Waals surface area (Å²) in [6.45, 7) is 4.86. The normalized spacial score (nSPS) is 10.7. The van der Waals surface area contributed by atoms with E-state index in [2.05, 4.69) is 30.5 Å². The lowest BCUT2D eigenvalue weighted by Crippen LogP contribution is -2.06. The zero-order chi connectivity index (χ0) is 20.2. The summed E-state index contributed by atoms with van der Waals surface area (Å²) in [6, 6.07) is 22.2. The minimum atomic E-state index is 0.578. The Morgan fingerprint density at radius 3 is 2.45 bits per heavy atom. The maximum atomic E-state index is 5.23. The lowest BCUT2D eigenvalue weighted by atomic mass is 10.1. The number of aromatic nitrogens is 2. The van der Waals surface area contributed by atoms with Crippen molar-refractivity contribution >= 4 is 28.4 Å². The fraction of sp³-hybridized carbons (Fsp3) is 0.167. The third-order valence-corrected chi connectivity index (χ3v) is 5.07. The van der Waals surface area contributed by atoms with Crippen LogP contribution < -0.4 is 15.4 Å². The van der Waals surface area contributed by atoms with Crippen LogP contribution in [-0.4, -0.2) is 17.1 Å². The second-order valence-corrected chi connectivity index (χ2v) is 6.99. The quantitative estimate of drug-likeness (QED) is 0.452. The van der Waals surface area contributed by atoms with E-state index in [1.165, 1.54) is 11.1 Å². The van der Waals surface area contributed by atoms with E-state index in [-0.39, 0.29) is 0 Å². The fourth-order valence-electron chi connectivity index (χ4n) is 3.20. The number of rotatable bonds is 6. The minimum Gasteiger partial charge on any atom is -0.497 e. The van der Waals surface area contributed by atoms with Crippen molar-refractivity contribution in [3.63, 3.8) is 0 Å². The Morgan fingerprint density at radius 2 is 1.66 bits per heavy atom.